The highest BCUT2D eigenvalue weighted by Gasteiger charge is 2.34. The summed E-state index contributed by atoms with van der Waals surface area (Å²) < 4.78 is 0. The Bertz CT molecular complexity index is 261. The van der Waals surface area contributed by atoms with Crippen LogP contribution in [0.2, 0.25) is 24.2 Å². The van der Waals surface area contributed by atoms with Crippen LogP contribution in [-0.2, 0) is 14.4 Å². The summed E-state index contributed by atoms with van der Waals surface area (Å²) in [5, 5.41) is 1.64. The van der Waals surface area contributed by atoms with Gasteiger partial charge in [-0.2, -0.15) is 0 Å². The number of carbonyl (C=O) groups excluding carboxylic acids is 2. The van der Waals surface area contributed by atoms with Crippen molar-refractivity contribution < 1.29 is 14.4 Å². The van der Waals surface area contributed by atoms with Crippen molar-refractivity contribution in [1.29, 1.82) is 0 Å². The number of rotatable bonds is 9. The molecule has 0 aromatic carbocycles. The summed E-state index contributed by atoms with van der Waals surface area (Å²) in [5.41, 5.74) is 0. The molecule has 0 saturated heterocycles. The second-order valence-electron chi connectivity index (χ2n) is 6.27. The van der Waals surface area contributed by atoms with Gasteiger partial charge in [-0.25, -0.2) is 5.06 Å². The van der Waals surface area contributed by atoms with Crippen molar-refractivity contribution >= 4 is 20.8 Å². The van der Waals surface area contributed by atoms with E-state index in [4.69, 9.17) is 4.84 Å². The van der Waals surface area contributed by atoms with Crippen LogP contribution in [-0.4, -0.2) is 39.0 Å². The first kappa shape index (κ1) is 17.3. The van der Waals surface area contributed by atoms with E-state index in [0.29, 0.717) is 37.4 Å². The fourth-order valence-corrected chi connectivity index (χ4v) is 2.62. The molecule has 0 aliphatic heterocycles. The van der Waals surface area contributed by atoms with Gasteiger partial charge in [-0.1, -0.05) is 33.9 Å². The van der Waals surface area contributed by atoms with Gasteiger partial charge in [0.05, 0.1) is 14.7 Å². The van der Waals surface area contributed by atoms with Crippen LogP contribution in [0.4, 0.5) is 0 Å². The predicted octanol–water partition coefficient (Wildman–Crippen LogP) is 2.86. The van der Waals surface area contributed by atoms with Gasteiger partial charge in [0.15, 0.2) is 0 Å². The molecule has 0 aromatic rings. The first-order chi connectivity index (χ1) is 8.24. The number of unbranched alkanes of at least 4 members (excludes halogenated alkanes) is 1. The summed E-state index contributed by atoms with van der Waals surface area (Å²) in [7, 11) is -1.35. The normalized spacial score (nSPS) is 12.3. The van der Waals surface area contributed by atoms with Crippen LogP contribution in [0.5, 0.6) is 0 Å². The van der Waals surface area contributed by atoms with E-state index in [1.807, 2.05) is 0 Å². The Hall–Kier alpha value is -0.683. The number of aldehydes is 1. The minimum absolute atomic E-state index is 0.333. The highest BCUT2D eigenvalue weighted by Crippen LogP contribution is 2.38. The SMILES string of the molecule is CC(C)(C)[Si](C)(C)CCON(C=O)CCCC=O. The van der Waals surface area contributed by atoms with Crippen LogP contribution in [0, 0.1) is 0 Å². The Balaban J connectivity index is 4.00. The monoisotopic (exact) mass is 273 g/mol. The summed E-state index contributed by atoms with van der Waals surface area (Å²) in [6.45, 7) is 12.5. The number of hydrogen-bond donors (Lipinski definition) is 0. The van der Waals surface area contributed by atoms with Gasteiger partial charge in [-0.3, -0.25) is 9.63 Å². The van der Waals surface area contributed by atoms with Crippen molar-refractivity contribution in [1.82, 2.24) is 5.06 Å². The average molecular weight is 273 g/mol. The molecule has 0 spiro atoms. The minimum Gasteiger partial charge on any atom is -0.303 e. The van der Waals surface area contributed by atoms with Crippen molar-refractivity contribution in [3.63, 3.8) is 0 Å². The Kier molecular flexibility index (Phi) is 7.39. The Morgan fingerprint density at radius 1 is 1.22 bits per heavy atom. The number of hydrogen-bond acceptors (Lipinski definition) is 3. The molecule has 0 aromatic heterocycles. The standard InChI is InChI=1S/C13H27NO3Si/c1-13(2,3)18(4,5)11-10-17-14(12-16)8-6-7-9-15/h9,12H,6-8,10-11H2,1-5H3. The van der Waals surface area contributed by atoms with E-state index in [-0.39, 0.29) is 0 Å². The van der Waals surface area contributed by atoms with Crippen LogP contribution >= 0.6 is 0 Å². The zero-order valence-corrected chi connectivity index (χ0v) is 13.4. The summed E-state index contributed by atoms with van der Waals surface area (Å²) in [5.74, 6) is 0. The summed E-state index contributed by atoms with van der Waals surface area (Å²) in [6.07, 6.45) is 2.67. The lowest BCUT2D eigenvalue weighted by Gasteiger charge is -2.37. The minimum atomic E-state index is -1.35. The third kappa shape index (κ3) is 6.30. The third-order valence-electron chi connectivity index (χ3n) is 3.83. The second-order valence-corrected chi connectivity index (χ2v) is 12.0. The molecule has 0 radical (unpaired) electrons. The molecule has 0 N–H and O–H groups in total. The molecule has 0 fully saturated rings. The Labute approximate surface area is 112 Å². The van der Waals surface area contributed by atoms with Gasteiger partial charge in [0.1, 0.15) is 6.29 Å². The highest BCUT2D eigenvalue weighted by molar-refractivity contribution is 6.80. The van der Waals surface area contributed by atoms with Gasteiger partial charge >= 0.3 is 0 Å². The first-order valence-corrected chi connectivity index (χ1v) is 9.74. The number of amides is 1. The van der Waals surface area contributed by atoms with Crippen LogP contribution in [0.15, 0.2) is 0 Å². The van der Waals surface area contributed by atoms with Crippen molar-refractivity contribution in [2.24, 2.45) is 0 Å². The molecule has 106 valence electrons. The van der Waals surface area contributed by atoms with E-state index in [1.165, 1.54) is 5.06 Å². The Morgan fingerprint density at radius 2 is 1.83 bits per heavy atom. The Morgan fingerprint density at radius 3 is 2.28 bits per heavy atom. The van der Waals surface area contributed by atoms with Crippen molar-refractivity contribution in [3.05, 3.63) is 0 Å². The van der Waals surface area contributed by atoms with Crippen molar-refractivity contribution in [2.75, 3.05) is 13.2 Å². The molecule has 0 heterocycles. The van der Waals surface area contributed by atoms with E-state index >= 15 is 0 Å². The average Bonchev–Trinajstić information content (AvgIpc) is 2.25. The number of nitrogens with zero attached hydrogens (tertiary/aromatic N) is 1. The topological polar surface area (TPSA) is 46.6 Å². The smallest absolute Gasteiger partial charge is 0.233 e. The van der Waals surface area contributed by atoms with Gasteiger partial charge in [0, 0.05) is 13.0 Å². The summed E-state index contributed by atoms with van der Waals surface area (Å²) in [4.78, 5) is 26.4. The molecule has 0 aliphatic rings. The van der Waals surface area contributed by atoms with Gasteiger partial charge in [0.2, 0.25) is 6.41 Å². The maximum Gasteiger partial charge on any atom is 0.233 e. The summed E-state index contributed by atoms with van der Waals surface area (Å²) in [6, 6.07) is 1.02. The van der Waals surface area contributed by atoms with E-state index in [1.54, 1.807) is 0 Å². The largest absolute Gasteiger partial charge is 0.303 e. The molecular weight excluding hydrogens is 246 g/mol. The highest BCUT2D eigenvalue weighted by atomic mass is 28.3. The molecule has 0 rings (SSSR count). The molecule has 5 heteroatoms. The molecule has 0 bridgehead atoms. The third-order valence-corrected chi connectivity index (χ3v) is 9.35. The van der Waals surface area contributed by atoms with Crippen LogP contribution in [0.1, 0.15) is 33.6 Å². The maximum absolute atomic E-state index is 10.8. The molecule has 0 saturated carbocycles. The van der Waals surface area contributed by atoms with Gasteiger partial charge in [-0.15, -0.1) is 0 Å². The lowest BCUT2D eigenvalue weighted by molar-refractivity contribution is -0.170. The molecule has 18 heavy (non-hydrogen) atoms. The molecular formula is C13H27NO3Si. The fraction of sp³-hybridized carbons (Fsp3) is 0.846. The first-order valence-electron chi connectivity index (χ1n) is 6.53. The zero-order chi connectivity index (χ0) is 14.2. The zero-order valence-electron chi connectivity index (χ0n) is 12.4. The molecule has 4 nitrogen and oxygen atoms in total. The van der Waals surface area contributed by atoms with Crippen molar-refractivity contribution in [3.8, 4) is 0 Å². The van der Waals surface area contributed by atoms with Gasteiger partial charge in [-0.05, 0) is 17.5 Å². The molecule has 0 unspecified atom stereocenters. The van der Waals surface area contributed by atoms with E-state index in [0.717, 1.165) is 12.3 Å². The van der Waals surface area contributed by atoms with E-state index < -0.39 is 8.07 Å². The number of hydroxylamine groups is 2. The molecule has 0 atom stereocenters. The predicted molar refractivity (Wildman–Crippen MR) is 76.0 cm³/mol. The van der Waals surface area contributed by atoms with Gasteiger partial charge in [0.25, 0.3) is 0 Å². The number of carbonyl (C=O) groups is 2. The molecule has 1 amide bonds. The second kappa shape index (κ2) is 7.69. The van der Waals surface area contributed by atoms with Gasteiger partial charge < -0.3 is 4.79 Å². The fourth-order valence-electron chi connectivity index (χ4n) is 1.27. The lowest BCUT2D eigenvalue weighted by Crippen LogP contribution is -2.39. The molecule has 0 aliphatic carbocycles. The van der Waals surface area contributed by atoms with E-state index in [9.17, 15) is 9.59 Å². The quantitative estimate of drug-likeness (QED) is 0.281. The van der Waals surface area contributed by atoms with Crippen molar-refractivity contribution in [2.45, 2.75) is 57.8 Å². The van der Waals surface area contributed by atoms with Crippen LogP contribution in [0.25, 0.3) is 0 Å². The summed E-state index contributed by atoms with van der Waals surface area (Å²) >= 11 is 0. The maximum atomic E-state index is 10.8. The van der Waals surface area contributed by atoms with Crippen LogP contribution in [0.3, 0.4) is 0 Å². The van der Waals surface area contributed by atoms with Crippen LogP contribution < -0.4 is 0 Å². The lowest BCUT2D eigenvalue weighted by atomic mass is 10.2. The van der Waals surface area contributed by atoms with E-state index in [2.05, 4.69) is 33.9 Å².